The molecule has 0 aromatic carbocycles. The predicted octanol–water partition coefficient (Wildman–Crippen LogP) is 2.36. The zero-order valence-electron chi connectivity index (χ0n) is 17.3. The summed E-state index contributed by atoms with van der Waals surface area (Å²) in [6.07, 6.45) is 1.96. The minimum atomic E-state index is -2.70. The van der Waals surface area contributed by atoms with Crippen molar-refractivity contribution in [1.29, 1.82) is 0 Å². The number of carbonyl (C=O) groups excluding carboxylic acids is 2. The number of hydrogen-bond acceptors (Lipinski definition) is 5. The molecule has 4 rings (SSSR count). The molecule has 3 aromatic heterocycles. The summed E-state index contributed by atoms with van der Waals surface area (Å²) < 4.78 is 30.4. The molecule has 1 aliphatic carbocycles. The van der Waals surface area contributed by atoms with Gasteiger partial charge in [-0.05, 0) is 25.8 Å². The molecule has 164 valence electrons. The van der Waals surface area contributed by atoms with E-state index >= 15 is 0 Å². The maximum absolute atomic E-state index is 13.0. The third kappa shape index (κ3) is 4.18. The van der Waals surface area contributed by atoms with Gasteiger partial charge in [-0.3, -0.25) is 23.6 Å². The molecule has 0 atom stereocenters. The molecule has 12 heteroatoms. The highest BCUT2D eigenvalue weighted by Gasteiger charge is 2.30. The molecule has 31 heavy (non-hydrogen) atoms. The summed E-state index contributed by atoms with van der Waals surface area (Å²) in [6, 6.07) is 1.36. The van der Waals surface area contributed by atoms with E-state index in [9.17, 15) is 18.4 Å². The first kappa shape index (κ1) is 20.7. The minimum Gasteiger partial charge on any atom is -0.321 e. The Balaban J connectivity index is 1.50. The summed E-state index contributed by atoms with van der Waals surface area (Å²) in [5.74, 6) is -0.815. The highest BCUT2D eigenvalue weighted by Crippen LogP contribution is 2.41. The fourth-order valence-electron chi connectivity index (χ4n) is 3.32. The number of amides is 2. The second-order valence-electron chi connectivity index (χ2n) is 7.53. The molecule has 3 aromatic rings. The van der Waals surface area contributed by atoms with Crippen LogP contribution < -0.4 is 10.6 Å². The number of nitrogens with one attached hydrogen (secondary N) is 2. The maximum Gasteiger partial charge on any atom is 0.282 e. The van der Waals surface area contributed by atoms with Crippen molar-refractivity contribution in [1.82, 2.24) is 29.3 Å². The van der Waals surface area contributed by atoms with Crippen LogP contribution in [0.25, 0.3) is 0 Å². The molecule has 1 saturated carbocycles. The van der Waals surface area contributed by atoms with Gasteiger partial charge in [0.05, 0.1) is 29.5 Å². The molecule has 2 N–H and O–H groups in total. The van der Waals surface area contributed by atoms with Crippen molar-refractivity contribution in [2.75, 3.05) is 10.6 Å². The lowest BCUT2D eigenvalue weighted by Gasteiger charge is -2.10. The molecule has 0 unspecified atom stereocenters. The van der Waals surface area contributed by atoms with E-state index in [1.165, 1.54) is 27.8 Å². The van der Waals surface area contributed by atoms with Gasteiger partial charge in [-0.15, -0.1) is 0 Å². The fourth-order valence-corrected chi connectivity index (χ4v) is 3.32. The molecule has 1 aliphatic rings. The number of rotatable bonds is 7. The Bertz CT molecular complexity index is 1140. The molecule has 0 saturated heterocycles. The first-order valence-corrected chi connectivity index (χ1v) is 9.72. The molecule has 2 amide bonds. The zero-order chi connectivity index (χ0) is 22.3. The van der Waals surface area contributed by atoms with Gasteiger partial charge in [-0.2, -0.15) is 15.3 Å². The maximum atomic E-state index is 13.0. The zero-order valence-corrected chi connectivity index (χ0v) is 17.3. The van der Waals surface area contributed by atoms with Crippen molar-refractivity contribution in [2.24, 2.45) is 14.1 Å². The smallest absolute Gasteiger partial charge is 0.282 e. The predicted molar refractivity (Wildman–Crippen MR) is 107 cm³/mol. The summed E-state index contributed by atoms with van der Waals surface area (Å²) in [5, 5.41) is 17.4. The van der Waals surface area contributed by atoms with Gasteiger partial charge in [0.2, 0.25) is 5.91 Å². The van der Waals surface area contributed by atoms with Gasteiger partial charge in [-0.25, -0.2) is 8.78 Å². The lowest BCUT2D eigenvalue weighted by atomic mass is 10.2. The Morgan fingerprint density at radius 2 is 1.81 bits per heavy atom. The van der Waals surface area contributed by atoms with E-state index in [0.717, 1.165) is 18.5 Å². The molecule has 1 fully saturated rings. The molecule has 10 nitrogen and oxygen atoms in total. The number of halogens is 2. The van der Waals surface area contributed by atoms with E-state index in [4.69, 9.17) is 0 Å². The molecule has 0 radical (unpaired) electrons. The minimum absolute atomic E-state index is 0.146. The fraction of sp³-hybridized carbons (Fsp3) is 0.421. The molecular weight excluding hydrogens is 410 g/mol. The third-order valence-electron chi connectivity index (χ3n) is 5.25. The summed E-state index contributed by atoms with van der Waals surface area (Å²) in [4.78, 5) is 25.4. The summed E-state index contributed by atoms with van der Waals surface area (Å²) in [6.45, 7) is 1.57. The van der Waals surface area contributed by atoms with Crippen molar-refractivity contribution in [3.8, 4) is 0 Å². The quantitative estimate of drug-likeness (QED) is 0.595. The molecule has 0 bridgehead atoms. The van der Waals surface area contributed by atoms with Gasteiger partial charge in [0.25, 0.3) is 12.3 Å². The number of nitrogens with zero attached hydrogens (tertiary/aromatic N) is 6. The highest BCUT2D eigenvalue weighted by molar-refractivity contribution is 6.09. The van der Waals surface area contributed by atoms with Gasteiger partial charge < -0.3 is 10.6 Å². The summed E-state index contributed by atoms with van der Waals surface area (Å²) in [7, 11) is 3.33. The number of aryl methyl sites for hydroxylation is 2. The van der Waals surface area contributed by atoms with Gasteiger partial charge in [0, 0.05) is 25.7 Å². The third-order valence-corrected chi connectivity index (χ3v) is 5.25. The number of hydrogen-bond donors (Lipinski definition) is 2. The van der Waals surface area contributed by atoms with Crippen LogP contribution in [0.5, 0.6) is 0 Å². The number of carbonyl (C=O) groups is 2. The van der Waals surface area contributed by atoms with E-state index < -0.39 is 18.2 Å². The van der Waals surface area contributed by atoms with Crippen LogP contribution >= 0.6 is 0 Å². The average molecular weight is 432 g/mol. The van der Waals surface area contributed by atoms with E-state index in [0.29, 0.717) is 11.4 Å². The molecule has 0 aliphatic heterocycles. The Kier molecular flexibility index (Phi) is 5.29. The highest BCUT2D eigenvalue weighted by atomic mass is 19.3. The van der Waals surface area contributed by atoms with Gasteiger partial charge >= 0.3 is 0 Å². The standard InChI is InChI=1S/C19H22F2N8O2/c1-10-13(7-22-27(10)2)25-19(31)17-14(8-23-28(17)3)24-16(30)9-29-15(11-4-5-11)6-12(26-29)18(20)21/h6-8,11,18H,4-5,9H2,1-3H3,(H,24,30)(H,25,31). The topological polar surface area (TPSA) is 112 Å². The van der Waals surface area contributed by atoms with E-state index in [-0.39, 0.29) is 29.5 Å². The van der Waals surface area contributed by atoms with Crippen LogP contribution in [0.3, 0.4) is 0 Å². The van der Waals surface area contributed by atoms with E-state index in [1.54, 1.807) is 18.8 Å². The molecule has 3 heterocycles. The summed E-state index contributed by atoms with van der Waals surface area (Å²) >= 11 is 0. The summed E-state index contributed by atoms with van der Waals surface area (Å²) in [5.41, 5.74) is 1.94. The van der Waals surface area contributed by atoms with Gasteiger partial charge in [-0.1, -0.05) is 0 Å². The lowest BCUT2D eigenvalue weighted by molar-refractivity contribution is -0.117. The second-order valence-corrected chi connectivity index (χ2v) is 7.53. The normalized spacial score (nSPS) is 13.6. The van der Waals surface area contributed by atoms with E-state index in [1.807, 2.05) is 6.92 Å². The number of alkyl halides is 2. The average Bonchev–Trinajstić information content (AvgIpc) is 3.27. The van der Waals surface area contributed by atoms with Crippen LogP contribution in [0.2, 0.25) is 0 Å². The van der Waals surface area contributed by atoms with Crippen molar-refractivity contribution < 1.29 is 18.4 Å². The van der Waals surface area contributed by atoms with E-state index in [2.05, 4.69) is 25.9 Å². The SMILES string of the molecule is Cc1c(NC(=O)c2c(NC(=O)Cn3nc(C(F)F)cc3C3CC3)cnn2C)cnn1C. The number of anilines is 2. The van der Waals surface area contributed by atoms with Gasteiger partial charge in [0.1, 0.15) is 17.9 Å². The van der Waals surface area contributed by atoms with Gasteiger partial charge in [0.15, 0.2) is 0 Å². The molecule has 0 spiro atoms. The van der Waals surface area contributed by atoms with Crippen LogP contribution in [-0.4, -0.2) is 41.2 Å². The molecular formula is C19H22F2N8O2. The van der Waals surface area contributed by atoms with Crippen LogP contribution in [0.4, 0.5) is 20.2 Å². The first-order valence-electron chi connectivity index (χ1n) is 9.72. The Labute approximate surface area is 176 Å². The van der Waals surface area contributed by atoms with Crippen LogP contribution in [-0.2, 0) is 25.4 Å². The monoisotopic (exact) mass is 432 g/mol. The van der Waals surface area contributed by atoms with Crippen molar-refractivity contribution in [2.45, 2.75) is 38.7 Å². The lowest BCUT2D eigenvalue weighted by Crippen LogP contribution is -2.23. The number of aromatic nitrogens is 6. The Morgan fingerprint density at radius 3 is 2.42 bits per heavy atom. The van der Waals surface area contributed by atoms with Crippen molar-refractivity contribution >= 4 is 23.2 Å². The van der Waals surface area contributed by atoms with Crippen LogP contribution in [0, 0.1) is 6.92 Å². The largest absolute Gasteiger partial charge is 0.321 e. The second kappa shape index (κ2) is 7.93. The first-order chi connectivity index (χ1) is 14.7. The van der Waals surface area contributed by atoms with Crippen LogP contribution in [0.1, 0.15) is 52.8 Å². The van der Waals surface area contributed by atoms with Crippen LogP contribution in [0.15, 0.2) is 18.5 Å². The van der Waals surface area contributed by atoms with Crippen molar-refractivity contribution in [3.63, 3.8) is 0 Å². The Hall–Kier alpha value is -3.57. The Morgan fingerprint density at radius 1 is 1.13 bits per heavy atom. The van der Waals surface area contributed by atoms with Crippen molar-refractivity contribution in [3.05, 3.63) is 41.2 Å².